The number of aliphatic hydroxyl groups is 1. The molecule has 0 fully saturated rings. The molecule has 6 heteroatoms. The molecule has 0 aromatic carbocycles. The molecule has 0 radical (unpaired) electrons. The molecule has 0 bridgehead atoms. The second-order valence-electron chi connectivity index (χ2n) is 4.18. The molecule has 0 aliphatic rings. The average Bonchev–Trinajstić information content (AvgIpc) is 2.98. The van der Waals surface area contributed by atoms with Gasteiger partial charge in [-0.15, -0.1) is 5.10 Å². The third-order valence-corrected chi connectivity index (χ3v) is 3.76. The molecular weight excluding hydrogens is 248 g/mol. The topological polar surface area (TPSA) is 63.8 Å². The van der Waals surface area contributed by atoms with Crippen molar-refractivity contribution in [3.05, 3.63) is 28.8 Å². The van der Waals surface area contributed by atoms with Crippen LogP contribution in [0.4, 0.5) is 0 Å². The zero-order chi connectivity index (χ0) is 13.0. The number of hydrogen-bond donors (Lipinski definition) is 1. The number of rotatable bonds is 6. The molecule has 1 atom stereocenters. The van der Waals surface area contributed by atoms with Crippen LogP contribution in [-0.2, 0) is 19.4 Å². The Kier molecular flexibility index (Phi) is 4.43. The molecule has 0 aliphatic heterocycles. The van der Waals surface area contributed by atoms with Crippen LogP contribution in [0.25, 0.3) is 0 Å². The van der Waals surface area contributed by atoms with Crippen molar-refractivity contribution in [1.82, 2.24) is 19.1 Å². The highest BCUT2D eigenvalue weighted by Crippen LogP contribution is 2.24. The van der Waals surface area contributed by atoms with E-state index < -0.39 is 6.10 Å². The summed E-state index contributed by atoms with van der Waals surface area (Å²) >= 11 is 1.28. The number of aliphatic hydroxyl groups excluding tert-OH is 1. The Hall–Kier alpha value is -1.27. The normalized spacial score (nSPS) is 12.8. The third kappa shape index (κ3) is 2.76. The van der Waals surface area contributed by atoms with E-state index in [1.165, 1.54) is 11.5 Å². The molecule has 0 saturated heterocycles. The highest BCUT2D eigenvalue weighted by molar-refractivity contribution is 7.05. The zero-order valence-electron chi connectivity index (χ0n) is 10.7. The smallest absolute Gasteiger partial charge is 0.111 e. The fraction of sp³-hybridized carbons (Fsp3) is 0.583. The van der Waals surface area contributed by atoms with Gasteiger partial charge >= 0.3 is 0 Å². The summed E-state index contributed by atoms with van der Waals surface area (Å²) in [4.78, 5) is 5.16. The van der Waals surface area contributed by atoms with Gasteiger partial charge in [0.05, 0.1) is 16.7 Å². The maximum Gasteiger partial charge on any atom is 0.111 e. The van der Waals surface area contributed by atoms with E-state index in [0.717, 1.165) is 35.8 Å². The van der Waals surface area contributed by atoms with Gasteiger partial charge in [0.1, 0.15) is 5.82 Å². The van der Waals surface area contributed by atoms with Crippen molar-refractivity contribution in [3.63, 3.8) is 0 Å². The van der Waals surface area contributed by atoms with Crippen LogP contribution in [0.15, 0.2) is 12.4 Å². The van der Waals surface area contributed by atoms with Gasteiger partial charge in [0.15, 0.2) is 0 Å². The minimum atomic E-state index is -0.556. The van der Waals surface area contributed by atoms with E-state index in [2.05, 4.69) is 28.4 Å². The second-order valence-corrected chi connectivity index (χ2v) is 4.97. The quantitative estimate of drug-likeness (QED) is 0.868. The van der Waals surface area contributed by atoms with Crippen molar-refractivity contribution < 1.29 is 5.11 Å². The highest BCUT2D eigenvalue weighted by Gasteiger charge is 2.18. The van der Waals surface area contributed by atoms with Gasteiger partial charge < -0.3 is 9.67 Å². The summed E-state index contributed by atoms with van der Waals surface area (Å²) in [5.41, 5.74) is 0.921. The predicted octanol–water partition coefficient (Wildman–Crippen LogP) is 1.98. The molecular formula is C12H18N4OS. The summed E-state index contributed by atoms with van der Waals surface area (Å²) in [7, 11) is 0. The summed E-state index contributed by atoms with van der Waals surface area (Å²) in [6.45, 7) is 5.03. The fourth-order valence-corrected chi connectivity index (χ4v) is 2.64. The van der Waals surface area contributed by atoms with Crippen molar-refractivity contribution in [2.75, 3.05) is 0 Å². The maximum atomic E-state index is 10.3. The van der Waals surface area contributed by atoms with Crippen molar-refractivity contribution in [1.29, 1.82) is 0 Å². The summed E-state index contributed by atoms with van der Waals surface area (Å²) in [5.74, 6) is 0.904. The molecule has 0 saturated carbocycles. The molecule has 98 valence electrons. The molecule has 1 unspecified atom stereocenters. The fourth-order valence-electron chi connectivity index (χ4n) is 1.96. The van der Waals surface area contributed by atoms with E-state index in [-0.39, 0.29) is 0 Å². The first kappa shape index (κ1) is 13.2. The van der Waals surface area contributed by atoms with Crippen LogP contribution >= 0.6 is 11.5 Å². The van der Waals surface area contributed by atoms with Gasteiger partial charge in [0.2, 0.25) is 0 Å². The van der Waals surface area contributed by atoms with Crippen LogP contribution in [-0.4, -0.2) is 24.2 Å². The Morgan fingerprint density at radius 3 is 3.00 bits per heavy atom. The summed E-state index contributed by atoms with van der Waals surface area (Å²) in [6, 6.07) is 0. The standard InChI is InChI=1S/C12H18N4OS/c1-3-5-9-12(18-15-14-9)10(17)8-11-13-6-7-16(11)4-2/h6-7,10,17H,3-5,8H2,1-2H3. The Morgan fingerprint density at radius 1 is 1.44 bits per heavy atom. The van der Waals surface area contributed by atoms with Gasteiger partial charge in [-0.1, -0.05) is 17.8 Å². The van der Waals surface area contributed by atoms with E-state index >= 15 is 0 Å². The van der Waals surface area contributed by atoms with Crippen molar-refractivity contribution in [2.45, 2.75) is 45.8 Å². The molecule has 2 aromatic rings. The Balaban J connectivity index is 2.11. The van der Waals surface area contributed by atoms with Crippen LogP contribution in [0.5, 0.6) is 0 Å². The number of aryl methyl sites for hydroxylation is 2. The molecule has 2 rings (SSSR count). The number of aromatic nitrogens is 4. The minimum Gasteiger partial charge on any atom is -0.387 e. The SMILES string of the molecule is CCCc1nnsc1C(O)Cc1nccn1CC. The van der Waals surface area contributed by atoms with Gasteiger partial charge in [-0.2, -0.15) is 0 Å². The van der Waals surface area contributed by atoms with Crippen LogP contribution < -0.4 is 0 Å². The highest BCUT2D eigenvalue weighted by atomic mass is 32.1. The van der Waals surface area contributed by atoms with E-state index in [1.54, 1.807) is 6.20 Å². The molecule has 0 aliphatic carbocycles. The van der Waals surface area contributed by atoms with Crippen LogP contribution in [0.2, 0.25) is 0 Å². The Bertz CT molecular complexity index is 494. The molecule has 2 aromatic heterocycles. The first-order valence-corrected chi connectivity index (χ1v) is 7.02. The molecule has 2 heterocycles. The van der Waals surface area contributed by atoms with E-state index in [9.17, 15) is 5.11 Å². The number of nitrogens with zero attached hydrogens (tertiary/aromatic N) is 4. The molecule has 0 amide bonds. The Morgan fingerprint density at radius 2 is 2.28 bits per heavy atom. The van der Waals surface area contributed by atoms with Crippen molar-refractivity contribution >= 4 is 11.5 Å². The molecule has 0 spiro atoms. The van der Waals surface area contributed by atoms with E-state index in [4.69, 9.17) is 0 Å². The molecule has 1 N–H and O–H groups in total. The van der Waals surface area contributed by atoms with Crippen LogP contribution in [0.1, 0.15) is 42.8 Å². The monoisotopic (exact) mass is 266 g/mol. The van der Waals surface area contributed by atoms with E-state index in [1.807, 2.05) is 10.8 Å². The van der Waals surface area contributed by atoms with Gasteiger partial charge in [0.25, 0.3) is 0 Å². The first-order chi connectivity index (χ1) is 8.76. The maximum absolute atomic E-state index is 10.3. The summed E-state index contributed by atoms with van der Waals surface area (Å²) in [5, 5.41) is 14.4. The van der Waals surface area contributed by atoms with Gasteiger partial charge in [0, 0.05) is 25.4 Å². The van der Waals surface area contributed by atoms with Gasteiger partial charge in [-0.25, -0.2) is 4.98 Å². The lowest BCUT2D eigenvalue weighted by Gasteiger charge is -2.10. The second kappa shape index (κ2) is 6.06. The summed E-state index contributed by atoms with van der Waals surface area (Å²) < 4.78 is 5.98. The number of imidazole rings is 1. The predicted molar refractivity (Wildman–Crippen MR) is 70.5 cm³/mol. The van der Waals surface area contributed by atoms with Crippen molar-refractivity contribution in [3.8, 4) is 0 Å². The van der Waals surface area contributed by atoms with Crippen molar-refractivity contribution in [2.24, 2.45) is 0 Å². The first-order valence-electron chi connectivity index (χ1n) is 6.25. The molecule has 18 heavy (non-hydrogen) atoms. The average molecular weight is 266 g/mol. The lowest BCUT2D eigenvalue weighted by molar-refractivity contribution is 0.177. The third-order valence-electron chi connectivity index (χ3n) is 2.89. The zero-order valence-corrected chi connectivity index (χ0v) is 11.5. The Labute approximate surface area is 111 Å². The lowest BCUT2D eigenvalue weighted by Crippen LogP contribution is -2.08. The largest absolute Gasteiger partial charge is 0.387 e. The lowest BCUT2D eigenvalue weighted by atomic mass is 10.1. The van der Waals surface area contributed by atoms with Gasteiger partial charge in [-0.05, 0) is 24.9 Å². The summed E-state index contributed by atoms with van der Waals surface area (Å²) in [6.07, 6.45) is 5.53. The minimum absolute atomic E-state index is 0.515. The van der Waals surface area contributed by atoms with E-state index in [0.29, 0.717) is 6.42 Å². The van der Waals surface area contributed by atoms with Gasteiger partial charge in [-0.3, -0.25) is 0 Å². The van der Waals surface area contributed by atoms with Crippen LogP contribution in [0.3, 0.4) is 0 Å². The molecule has 5 nitrogen and oxygen atoms in total. The number of hydrogen-bond acceptors (Lipinski definition) is 5. The van der Waals surface area contributed by atoms with Crippen LogP contribution in [0, 0.1) is 0 Å².